The maximum Gasteiger partial charge on any atom is 0.299 e. The summed E-state index contributed by atoms with van der Waals surface area (Å²) < 4.78 is 33.1. The number of alkyl halides is 2. The van der Waals surface area contributed by atoms with E-state index >= 15 is 0 Å². The molecule has 0 atom stereocenters. The first-order valence-corrected chi connectivity index (χ1v) is 8.94. The molecule has 0 aliphatic rings. The molecule has 144 valence electrons. The van der Waals surface area contributed by atoms with Gasteiger partial charge in [0.15, 0.2) is 5.65 Å². The Morgan fingerprint density at radius 1 is 1.04 bits per heavy atom. The summed E-state index contributed by atoms with van der Waals surface area (Å²) in [5.74, 6) is 0.741. The zero-order valence-electron chi connectivity index (χ0n) is 15.4. The van der Waals surface area contributed by atoms with Crippen molar-refractivity contribution in [1.82, 2.24) is 19.8 Å². The lowest BCUT2D eigenvalue weighted by Crippen LogP contribution is -2.11. The summed E-state index contributed by atoms with van der Waals surface area (Å²) in [5.41, 5.74) is 1.25. The van der Waals surface area contributed by atoms with Crippen molar-refractivity contribution in [2.75, 3.05) is 5.32 Å². The van der Waals surface area contributed by atoms with Crippen LogP contribution in [-0.2, 0) is 6.54 Å². The minimum atomic E-state index is -2.75. The Morgan fingerprint density at radius 3 is 2.64 bits per heavy atom. The number of anilines is 1. The summed E-state index contributed by atoms with van der Waals surface area (Å²) in [7, 11) is 0. The molecule has 1 N–H and O–H groups in total. The summed E-state index contributed by atoms with van der Waals surface area (Å²) >= 11 is 0. The maximum absolute atomic E-state index is 13.1. The number of nitrogens with one attached hydrogen (secondary N) is 1. The van der Waals surface area contributed by atoms with Crippen LogP contribution in [0.4, 0.5) is 14.6 Å². The highest BCUT2D eigenvalue weighted by atomic mass is 19.3. The van der Waals surface area contributed by atoms with Gasteiger partial charge in [-0.15, -0.1) is 15.3 Å². The van der Waals surface area contributed by atoms with Crippen molar-refractivity contribution in [2.24, 2.45) is 0 Å². The highest BCUT2D eigenvalue weighted by Gasteiger charge is 2.17. The van der Waals surface area contributed by atoms with Gasteiger partial charge in [0.25, 0.3) is 6.43 Å². The van der Waals surface area contributed by atoms with Crippen molar-refractivity contribution >= 4 is 22.2 Å². The highest BCUT2D eigenvalue weighted by Crippen LogP contribution is 2.29. The lowest BCUT2D eigenvalue weighted by molar-refractivity contribution is 0.137. The van der Waals surface area contributed by atoms with Crippen LogP contribution >= 0.6 is 0 Å². The molecule has 2 heterocycles. The molecule has 2 aromatic carbocycles. The Balaban J connectivity index is 1.68. The number of rotatable bonds is 6. The van der Waals surface area contributed by atoms with E-state index in [1.807, 2.05) is 50.2 Å². The van der Waals surface area contributed by atoms with E-state index in [1.165, 1.54) is 0 Å². The number of hydrogen-bond donors (Lipinski definition) is 1. The first-order chi connectivity index (χ1) is 13.5. The lowest BCUT2D eigenvalue weighted by atomic mass is 10.0. The normalized spacial score (nSPS) is 11.6. The predicted molar refractivity (Wildman–Crippen MR) is 103 cm³/mol. The molecule has 4 aromatic rings. The van der Waals surface area contributed by atoms with E-state index in [9.17, 15) is 8.78 Å². The van der Waals surface area contributed by atoms with Crippen molar-refractivity contribution in [3.63, 3.8) is 0 Å². The van der Waals surface area contributed by atoms with Crippen molar-refractivity contribution < 1.29 is 13.5 Å². The molecule has 0 spiro atoms. The number of fused-ring (bicyclic) bond motifs is 2. The molecule has 28 heavy (non-hydrogen) atoms. The summed E-state index contributed by atoms with van der Waals surface area (Å²) in [6.45, 7) is 4.37. The molecule has 0 aliphatic carbocycles. The summed E-state index contributed by atoms with van der Waals surface area (Å²) in [4.78, 5) is 0. The summed E-state index contributed by atoms with van der Waals surface area (Å²) in [6.07, 6.45) is -2.72. The van der Waals surface area contributed by atoms with Gasteiger partial charge in [-0.3, -0.25) is 0 Å². The van der Waals surface area contributed by atoms with Crippen LogP contribution in [0, 0.1) is 0 Å². The van der Waals surface area contributed by atoms with Gasteiger partial charge < -0.3 is 10.1 Å². The van der Waals surface area contributed by atoms with E-state index in [4.69, 9.17) is 4.74 Å². The van der Waals surface area contributed by atoms with Crippen LogP contribution < -0.4 is 10.1 Å². The minimum absolute atomic E-state index is 0.0278. The molecule has 4 rings (SSSR count). The van der Waals surface area contributed by atoms with Gasteiger partial charge in [0.1, 0.15) is 11.6 Å². The van der Waals surface area contributed by atoms with Crippen LogP contribution in [0.3, 0.4) is 0 Å². The van der Waals surface area contributed by atoms with Gasteiger partial charge in [-0.25, -0.2) is 8.78 Å². The Hall–Kier alpha value is -3.29. The fraction of sp³-hybridized carbons (Fsp3) is 0.250. The molecular weight excluding hydrogens is 364 g/mol. The Kier molecular flexibility index (Phi) is 4.77. The third kappa shape index (κ3) is 3.45. The minimum Gasteiger partial charge on any atom is -0.491 e. The van der Waals surface area contributed by atoms with E-state index in [-0.39, 0.29) is 11.8 Å². The smallest absolute Gasteiger partial charge is 0.299 e. The molecule has 0 fully saturated rings. The van der Waals surface area contributed by atoms with Crippen LogP contribution in [-0.4, -0.2) is 25.9 Å². The topological polar surface area (TPSA) is 64.3 Å². The van der Waals surface area contributed by atoms with E-state index < -0.39 is 12.2 Å². The maximum atomic E-state index is 13.1. The summed E-state index contributed by atoms with van der Waals surface area (Å²) in [6, 6.07) is 15.3. The van der Waals surface area contributed by atoms with Crippen molar-refractivity contribution in [3.05, 3.63) is 59.9 Å². The van der Waals surface area contributed by atoms with Gasteiger partial charge in [-0.1, -0.05) is 30.3 Å². The van der Waals surface area contributed by atoms with E-state index in [0.29, 0.717) is 12.4 Å². The van der Waals surface area contributed by atoms with Crippen LogP contribution in [0.1, 0.15) is 31.7 Å². The number of benzene rings is 2. The molecule has 0 amide bonds. The van der Waals surface area contributed by atoms with Crippen LogP contribution in [0.25, 0.3) is 16.4 Å². The van der Waals surface area contributed by atoms with Gasteiger partial charge in [-0.05, 0) is 42.8 Å². The predicted octanol–water partition coefficient (Wildman–Crippen LogP) is 4.61. The largest absolute Gasteiger partial charge is 0.491 e. The molecule has 0 radical (unpaired) electrons. The molecule has 0 bridgehead atoms. The van der Waals surface area contributed by atoms with Crippen LogP contribution in [0.5, 0.6) is 5.75 Å². The lowest BCUT2D eigenvalue weighted by Gasteiger charge is -2.17. The number of aromatic nitrogens is 4. The molecule has 0 aliphatic heterocycles. The fourth-order valence-corrected chi connectivity index (χ4v) is 3.08. The SMILES string of the molecule is CC(C)Oc1ccc2ccccc2c1CNc1ccc2nnc(C(F)F)n2n1. The zero-order chi connectivity index (χ0) is 19.7. The standard InChI is InChI=1S/C20H19F2N5O/c1-12(2)28-16-8-7-13-5-3-4-6-14(13)15(16)11-23-17-9-10-18-24-25-20(19(21)22)27(18)26-17/h3-10,12,19H,11H2,1-2H3,(H,23,26). The first-order valence-electron chi connectivity index (χ1n) is 8.94. The highest BCUT2D eigenvalue weighted by molar-refractivity contribution is 5.88. The van der Waals surface area contributed by atoms with Gasteiger partial charge in [0, 0.05) is 12.1 Å². The molecule has 8 heteroatoms. The average Bonchev–Trinajstić information content (AvgIpc) is 3.10. The number of ether oxygens (including phenoxy) is 1. The third-order valence-electron chi connectivity index (χ3n) is 4.29. The van der Waals surface area contributed by atoms with Crippen molar-refractivity contribution in [1.29, 1.82) is 0 Å². The molecule has 0 unspecified atom stereocenters. The Bertz CT molecular complexity index is 1130. The second kappa shape index (κ2) is 7.38. The monoisotopic (exact) mass is 383 g/mol. The Morgan fingerprint density at radius 2 is 1.86 bits per heavy atom. The van der Waals surface area contributed by atoms with Crippen LogP contribution in [0.2, 0.25) is 0 Å². The quantitative estimate of drug-likeness (QED) is 0.527. The second-order valence-electron chi connectivity index (χ2n) is 6.63. The van der Waals surface area contributed by atoms with Gasteiger partial charge in [-0.2, -0.15) is 4.52 Å². The average molecular weight is 383 g/mol. The van der Waals surface area contributed by atoms with Crippen molar-refractivity contribution in [2.45, 2.75) is 32.9 Å². The van der Waals surface area contributed by atoms with Crippen LogP contribution in [0.15, 0.2) is 48.5 Å². The number of hydrogen-bond acceptors (Lipinski definition) is 5. The molecule has 2 aromatic heterocycles. The number of halogens is 2. The Labute approximate surface area is 160 Å². The van der Waals surface area contributed by atoms with E-state index in [0.717, 1.165) is 26.6 Å². The van der Waals surface area contributed by atoms with Crippen molar-refractivity contribution in [3.8, 4) is 5.75 Å². The first kappa shape index (κ1) is 18.1. The summed E-state index contributed by atoms with van der Waals surface area (Å²) in [5, 5.41) is 16.8. The molecular formula is C20H19F2N5O. The van der Waals surface area contributed by atoms with E-state index in [1.54, 1.807) is 12.1 Å². The van der Waals surface area contributed by atoms with E-state index in [2.05, 4.69) is 20.6 Å². The number of nitrogens with zero attached hydrogens (tertiary/aromatic N) is 4. The second-order valence-corrected chi connectivity index (χ2v) is 6.63. The van der Waals surface area contributed by atoms with Gasteiger partial charge in [0.2, 0.25) is 5.82 Å². The fourth-order valence-electron chi connectivity index (χ4n) is 3.08. The van der Waals surface area contributed by atoms with Gasteiger partial charge >= 0.3 is 0 Å². The third-order valence-corrected chi connectivity index (χ3v) is 4.29. The molecule has 0 saturated carbocycles. The molecule has 0 saturated heterocycles. The van der Waals surface area contributed by atoms with Gasteiger partial charge in [0.05, 0.1) is 6.10 Å². The zero-order valence-corrected chi connectivity index (χ0v) is 15.4. The molecule has 6 nitrogen and oxygen atoms in total.